The summed E-state index contributed by atoms with van der Waals surface area (Å²) >= 11 is 0. The van der Waals surface area contributed by atoms with Gasteiger partial charge in [-0.15, -0.1) is 5.10 Å². The maximum Gasteiger partial charge on any atom is 0.217 e. The van der Waals surface area contributed by atoms with Crippen molar-refractivity contribution in [1.82, 2.24) is 20.3 Å². The molecule has 1 fully saturated rings. The van der Waals surface area contributed by atoms with Crippen molar-refractivity contribution in [2.45, 2.75) is 13.5 Å². The summed E-state index contributed by atoms with van der Waals surface area (Å²) in [5, 5.41) is 10.5. The Balaban J connectivity index is 1.74. The van der Waals surface area contributed by atoms with Crippen molar-refractivity contribution < 1.29 is 13.4 Å². The highest BCUT2D eigenvalue weighted by atomic mass is 32.2. The number of benzene rings is 1. The van der Waals surface area contributed by atoms with Gasteiger partial charge in [-0.2, -0.15) is 0 Å². The van der Waals surface area contributed by atoms with Gasteiger partial charge in [-0.05, 0) is 12.1 Å². The van der Waals surface area contributed by atoms with Crippen LogP contribution in [0.15, 0.2) is 24.4 Å². The van der Waals surface area contributed by atoms with Crippen molar-refractivity contribution in [2.75, 3.05) is 29.5 Å². The van der Waals surface area contributed by atoms with Crippen LogP contribution in [0, 0.1) is 5.82 Å². The van der Waals surface area contributed by atoms with Crippen LogP contribution < -0.4 is 10.2 Å². The summed E-state index contributed by atoms with van der Waals surface area (Å²) in [5.41, 5.74) is 1.65. The predicted molar refractivity (Wildman–Crippen MR) is 88.9 cm³/mol. The van der Waals surface area contributed by atoms with Gasteiger partial charge < -0.3 is 10.2 Å². The third-order valence-electron chi connectivity index (χ3n) is 3.77. The molecule has 128 valence electrons. The molecule has 0 radical (unpaired) electrons. The molecule has 1 N–H and O–H groups in total. The minimum atomic E-state index is -0.795. The molecule has 1 saturated heterocycles. The van der Waals surface area contributed by atoms with Crippen LogP contribution in [0.25, 0.3) is 5.69 Å². The Bertz CT molecular complexity index is 769. The molecule has 1 aliphatic rings. The third kappa shape index (κ3) is 3.78. The summed E-state index contributed by atoms with van der Waals surface area (Å²) in [7, 11) is -0.795. The van der Waals surface area contributed by atoms with E-state index in [-0.39, 0.29) is 18.3 Å². The van der Waals surface area contributed by atoms with Crippen LogP contribution in [0.5, 0.6) is 0 Å². The molecule has 0 bridgehead atoms. The molecule has 2 heterocycles. The molecule has 2 aromatic rings. The van der Waals surface area contributed by atoms with E-state index in [2.05, 4.69) is 15.6 Å². The Morgan fingerprint density at radius 1 is 1.38 bits per heavy atom. The second-order valence-corrected chi connectivity index (χ2v) is 7.23. The van der Waals surface area contributed by atoms with Crippen molar-refractivity contribution in [2.24, 2.45) is 0 Å². The van der Waals surface area contributed by atoms with Gasteiger partial charge in [0.05, 0.1) is 24.1 Å². The molecule has 7 nitrogen and oxygen atoms in total. The van der Waals surface area contributed by atoms with Gasteiger partial charge in [0.15, 0.2) is 0 Å². The first-order valence-electron chi connectivity index (χ1n) is 7.58. The number of halogens is 1. The van der Waals surface area contributed by atoms with Gasteiger partial charge in [0, 0.05) is 48.4 Å². The summed E-state index contributed by atoms with van der Waals surface area (Å²) in [5.74, 6) is 0.634. The maximum atomic E-state index is 14.4. The highest BCUT2D eigenvalue weighted by Crippen LogP contribution is 2.23. The van der Waals surface area contributed by atoms with Gasteiger partial charge in [0.1, 0.15) is 11.5 Å². The third-order valence-corrected chi connectivity index (χ3v) is 5.05. The predicted octanol–water partition coefficient (Wildman–Crippen LogP) is 0.611. The van der Waals surface area contributed by atoms with Crippen LogP contribution in [0.4, 0.5) is 10.1 Å². The van der Waals surface area contributed by atoms with E-state index >= 15 is 0 Å². The summed E-state index contributed by atoms with van der Waals surface area (Å²) < 4.78 is 27.3. The fourth-order valence-electron chi connectivity index (χ4n) is 2.49. The smallest absolute Gasteiger partial charge is 0.217 e. The zero-order valence-electron chi connectivity index (χ0n) is 13.2. The number of hydrogen-bond acceptors (Lipinski definition) is 5. The van der Waals surface area contributed by atoms with Crippen molar-refractivity contribution >= 4 is 22.4 Å². The molecule has 0 aliphatic carbocycles. The number of nitrogens with one attached hydrogen (secondary N) is 1. The van der Waals surface area contributed by atoms with Gasteiger partial charge in [-0.25, -0.2) is 9.07 Å². The van der Waals surface area contributed by atoms with Crippen molar-refractivity contribution in [3.63, 3.8) is 0 Å². The topological polar surface area (TPSA) is 80.1 Å². The average Bonchev–Trinajstić information content (AvgIpc) is 3.03. The van der Waals surface area contributed by atoms with E-state index in [1.165, 1.54) is 17.7 Å². The summed E-state index contributed by atoms with van der Waals surface area (Å²) in [6, 6.07) is 4.87. The van der Waals surface area contributed by atoms with E-state index < -0.39 is 10.8 Å². The molecule has 0 spiro atoms. The van der Waals surface area contributed by atoms with Crippen molar-refractivity contribution in [3.8, 4) is 5.69 Å². The maximum absolute atomic E-state index is 14.4. The highest BCUT2D eigenvalue weighted by molar-refractivity contribution is 7.85. The van der Waals surface area contributed by atoms with E-state index in [4.69, 9.17) is 0 Å². The first kappa shape index (κ1) is 16.6. The molecule has 9 heteroatoms. The number of aromatic nitrogens is 3. The summed E-state index contributed by atoms with van der Waals surface area (Å²) in [6.07, 6.45) is 1.65. The van der Waals surface area contributed by atoms with Crippen LogP contribution >= 0.6 is 0 Å². The van der Waals surface area contributed by atoms with Gasteiger partial charge in [0.25, 0.3) is 0 Å². The quantitative estimate of drug-likeness (QED) is 0.873. The van der Waals surface area contributed by atoms with Gasteiger partial charge in [-0.3, -0.25) is 9.00 Å². The molecule has 24 heavy (non-hydrogen) atoms. The SMILES string of the molecule is CC(=O)NCc1cn(-c2ccc(N3CCS(=O)CC3)c(F)c2)nn1. The molecule has 3 rings (SSSR count). The zero-order chi connectivity index (χ0) is 17.1. The standard InChI is InChI=1S/C15H18FN5O2S/c1-11(22)17-9-12-10-21(19-18-12)13-2-3-15(14(16)8-13)20-4-6-24(23)7-5-20/h2-3,8,10H,4-7,9H2,1H3,(H,17,22). The molecule has 0 unspecified atom stereocenters. The monoisotopic (exact) mass is 351 g/mol. The van der Waals surface area contributed by atoms with Gasteiger partial charge in [0.2, 0.25) is 5.91 Å². The molecular formula is C15H18FN5O2S. The number of rotatable bonds is 4. The van der Waals surface area contributed by atoms with Crippen LogP contribution in [0.1, 0.15) is 12.6 Å². The Morgan fingerprint density at radius 3 is 2.79 bits per heavy atom. The van der Waals surface area contributed by atoms with Crippen LogP contribution in [-0.2, 0) is 22.1 Å². The van der Waals surface area contributed by atoms with E-state index in [1.54, 1.807) is 18.3 Å². The molecule has 1 aliphatic heterocycles. The second kappa shape index (κ2) is 7.08. The molecule has 0 atom stereocenters. The first-order chi connectivity index (χ1) is 11.5. The minimum Gasteiger partial charge on any atom is -0.367 e. The summed E-state index contributed by atoms with van der Waals surface area (Å²) in [6.45, 7) is 2.88. The molecule has 0 saturated carbocycles. The van der Waals surface area contributed by atoms with Crippen LogP contribution in [0.3, 0.4) is 0 Å². The molecule has 1 aromatic heterocycles. The van der Waals surface area contributed by atoms with Crippen LogP contribution in [-0.4, -0.2) is 49.7 Å². The number of amides is 1. The van der Waals surface area contributed by atoms with E-state index in [9.17, 15) is 13.4 Å². The summed E-state index contributed by atoms with van der Waals surface area (Å²) in [4.78, 5) is 12.8. The fourth-order valence-corrected chi connectivity index (χ4v) is 3.55. The molecular weight excluding hydrogens is 333 g/mol. The number of carbonyl (C=O) groups excluding carboxylic acids is 1. The number of nitrogens with zero attached hydrogens (tertiary/aromatic N) is 4. The lowest BCUT2D eigenvalue weighted by Gasteiger charge is -2.28. The normalized spacial score (nSPS) is 15.5. The fraction of sp³-hybridized carbons (Fsp3) is 0.400. The van der Waals surface area contributed by atoms with E-state index in [0.29, 0.717) is 41.7 Å². The van der Waals surface area contributed by atoms with Crippen molar-refractivity contribution in [3.05, 3.63) is 35.9 Å². The highest BCUT2D eigenvalue weighted by Gasteiger charge is 2.18. The van der Waals surface area contributed by atoms with Crippen LogP contribution in [0.2, 0.25) is 0 Å². The van der Waals surface area contributed by atoms with E-state index in [1.807, 2.05) is 4.90 Å². The van der Waals surface area contributed by atoms with Gasteiger partial charge in [-0.1, -0.05) is 5.21 Å². The largest absolute Gasteiger partial charge is 0.367 e. The molecule has 1 amide bonds. The zero-order valence-corrected chi connectivity index (χ0v) is 14.1. The number of anilines is 1. The van der Waals surface area contributed by atoms with E-state index in [0.717, 1.165) is 0 Å². The molecule has 1 aromatic carbocycles. The lowest BCUT2D eigenvalue weighted by atomic mass is 10.2. The first-order valence-corrected chi connectivity index (χ1v) is 9.07. The number of carbonyl (C=O) groups is 1. The lowest BCUT2D eigenvalue weighted by molar-refractivity contribution is -0.119. The minimum absolute atomic E-state index is 0.151. The Hall–Kier alpha value is -2.29. The Kier molecular flexibility index (Phi) is 4.89. The number of hydrogen-bond donors (Lipinski definition) is 1. The average molecular weight is 351 g/mol. The van der Waals surface area contributed by atoms with Gasteiger partial charge >= 0.3 is 0 Å². The lowest BCUT2D eigenvalue weighted by Crippen LogP contribution is -2.38. The Morgan fingerprint density at radius 2 is 2.12 bits per heavy atom. The second-order valence-electron chi connectivity index (χ2n) is 5.54. The Labute approximate surface area is 141 Å². The van der Waals surface area contributed by atoms with Crippen molar-refractivity contribution in [1.29, 1.82) is 0 Å².